The van der Waals surface area contributed by atoms with Gasteiger partial charge in [-0.25, -0.2) is 0 Å². The predicted octanol–water partition coefficient (Wildman–Crippen LogP) is 0.356. The van der Waals surface area contributed by atoms with E-state index in [0.717, 1.165) is 0 Å². The van der Waals surface area contributed by atoms with Crippen molar-refractivity contribution in [3.8, 4) is 0 Å². The van der Waals surface area contributed by atoms with Gasteiger partial charge in [-0.1, -0.05) is 12.2 Å². The van der Waals surface area contributed by atoms with Crippen LogP contribution >= 0.6 is 12.2 Å². The van der Waals surface area contributed by atoms with Crippen molar-refractivity contribution in [3.05, 3.63) is 0 Å². The lowest BCUT2D eigenvalue weighted by atomic mass is 10.4. The van der Waals surface area contributed by atoms with Gasteiger partial charge in [0.25, 0.3) is 0 Å². The van der Waals surface area contributed by atoms with Gasteiger partial charge >= 0.3 is 5.97 Å². The maximum atomic E-state index is 10.5. The summed E-state index contributed by atoms with van der Waals surface area (Å²) in [5.74, 6) is -0.325. The van der Waals surface area contributed by atoms with Gasteiger partial charge in [0.2, 0.25) is 0 Å². The number of hydrogen-bond acceptors (Lipinski definition) is 4. The lowest BCUT2D eigenvalue weighted by Crippen LogP contribution is -2.30. The fraction of sp³-hybridized carbons (Fsp3) is 0.714. The Morgan fingerprint density at radius 2 is 2.27 bits per heavy atom. The molecular formula is C7H12NO2S. The van der Waals surface area contributed by atoms with Crippen molar-refractivity contribution in [3.63, 3.8) is 0 Å². The summed E-state index contributed by atoms with van der Waals surface area (Å²) < 4.78 is 4.81. The topological polar surface area (TPSA) is 29.5 Å². The molecule has 0 aliphatic heterocycles. The minimum Gasteiger partial charge on any atom is -0.455 e. The summed E-state index contributed by atoms with van der Waals surface area (Å²) >= 11 is 4.56. The predicted molar refractivity (Wildman–Crippen MR) is 46.7 cm³/mol. The Kier molecular flexibility index (Phi) is 4.98. The molecule has 0 N–H and O–H groups in total. The molecule has 0 aromatic rings. The van der Waals surface area contributed by atoms with E-state index in [1.54, 1.807) is 0 Å². The smallest absolute Gasteiger partial charge is 0.303 e. The fourth-order valence-corrected chi connectivity index (χ4v) is 0.753. The second kappa shape index (κ2) is 5.21. The highest BCUT2D eigenvalue weighted by Crippen LogP contribution is 1.91. The Morgan fingerprint density at radius 1 is 1.73 bits per heavy atom. The van der Waals surface area contributed by atoms with Crippen LogP contribution in [0.4, 0.5) is 0 Å². The highest BCUT2D eigenvalue weighted by atomic mass is 32.1. The third-order valence-corrected chi connectivity index (χ3v) is 1.23. The molecule has 0 heterocycles. The molecule has 3 nitrogen and oxygen atoms in total. The number of rotatable bonds is 4. The van der Waals surface area contributed by atoms with Crippen LogP contribution < -0.4 is 0 Å². The molecule has 0 spiro atoms. The van der Waals surface area contributed by atoms with Crippen molar-refractivity contribution < 1.29 is 9.53 Å². The zero-order chi connectivity index (χ0) is 8.85. The van der Waals surface area contributed by atoms with Crippen LogP contribution in [0, 0.1) is 0 Å². The lowest BCUT2D eigenvalue weighted by molar-refractivity contribution is -0.143. The van der Waals surface area contributed by atoms with Crippen LogP contribution in [-0.2, 0) is 9.53 Å². The number of likely N-dealkylation sites (N-methyl/N-ethyl adjacent to an activating group) is 1. The van der Waals surface area contributed by atoms with Crippen molar-refractivity contribution in [2.45, 2.75) is 13.0 Å². The zero-order valence-corrected chi connectivity index (χ0v) is 7.77. The van der Waals surface area contributed by atoms with Crippen LogP contribution in [0.5, 0.6) is 0 Å². The van der Waals surface area contributed by atoms with Crippen molar-refractivity contribution in [2.75, 3.05) is 20.6 Å². The largest absolute Gasteiger partial charge is 0.455 e. The molecular weight excluding hydrogens is 162 g/mol. The second-order valence-corrected chi connectivity index (χ2v) is 2.71. The maximum absolute atomic E-state index is 10.5. The number of esters is 1. The first-order valence-corrected chi connectivity index (χ1v) is 3.66. The summed E-state index contributed by atoms with van der Waals surface area (Å²) in [6, 6.07) is 0. The van der Waals surface area contributed by atoms with Crippen molar-refractivity contribution in [1.82, 2.24) is 4.90 Å². The van der Waals surface area contributed by atoms with Gasteiger partial charge in [-0.2, -0.15) is 0 Å². The Labute approximate surface area is 72.3 Å². The van der Waals surface area contributed by atoms with Crippen molar-refractivity contribution in [2.24, 2.45) is 0 Å². The Balaban J connectivity index is 3.76. The third kappa shape index (κ3) is 5.94. The first-order chi connectivity index (χ1) is 5.06. The molecule has 0 saturated heterocycles. The highest BCUT2D eigenvalue weighted by molar-refractivity contribution is 7.79. The van der Waals surface area contributed by atoms with Gasteiger partial charge in [0, 0.05) is 13.5 Å². The van der Waals surface area contributed by atoms with E-state index in [-0.39, 0.29) is 5.97 Å². The Morgan fingerprint density at radius 3 is 2.55 bits per heavy atom. The molecule has 0 aliphatic rings. The quantitative estimate of drug-likeness (QED) is 0.454. The summed E-state index contributed by atoms with van der Waals surface area (Å²) in [6.45, 7) is 1.94. The van der Waals surface area contributed by atoms with E-state index >= 15 is 0 Å². The van der Waals surface area contributed by atoms with Crippen LogP contribution in [0.1, 0.15) is 6.92 Å². The van der Waals surface area contributed by atoms with Crippen LogP contribution in [0.15, 0.2) is 0 Å². The van der Waals surface area contributed by atoms with Crippen LogP contribution in [-0.4, -0.2) is 43.0 Å². The average Bonchev–Trinajstić information content (AvgIpc) is 1.84. The molecule has 0 aromatic carbocycles. The van der Waals surface area contributed by atoms with E-state index in [1.165, 1.54) is 6.92 Å². The number of hydrogen-bond donors (Lipinski definition) is 0. The first kappa shape index (κ1) is 10.5. The molecule has 0 saturated carbocycles. The third-order valence-electron chi connectivity index (χ3n) is 0.971. The molecule has 0 bridgehead atoms. The number of carbonyl (C=O) groups is 1. The van der Waals surface area contributed by atoms with Gasteiger partial charge in [-0.15, -0.1) is 0 Å². The van der Waals surface area contributed by atoms with Crippen LogP contribution in [0.3, 0.4) is 0 Å². The van der Waals surface area contributed by atoms with Gasteiger partial charge < -0.3 is 9.64 Å². The van der Waals surface area contributed by atoms with Crippen LogP contribution in [0.2, 0.25) is 0 Å². The molecule has 0 aliphatic carbocycles. The Bertz CT molecular complexity index is 147. The fourth-order valence-electron chi connectivity index (χ4n) is 0.631. The van der Waals surface area contributed by atoms with Gasteiger partial charge in [0.05, 0.1) is 5.37 Å². The van der Waals surface area contributed by atoms with E-state index in [0.29, 0.717) is 6.54 Å². The standard InChI is InChI=1S/C7H12NO2S/c1-6(9)10-7(5-11)4-8(2)3/h7H,4H2,1-3H3. The lowest BCUT2D eigenvalue weighted by Gasteiger charge is -2.15. The van der Waals surface area contributed by atoms with Gasteiger partial charge in [-0.05, 0) is 14.1 Å². The summed E-state index contributed by atoms with van der Waals surface area (Å²) in [6.07, 6.45) is -0.391. The molecule has 0 rings (SSSR count). The second-order valence-electron chi connectivity index (χ2n) is 2.48. The molecule has 1 atom stereocenters. The van der Waals surface area contributed by atoms with E-state index in [9.17, 15) is 4.79 Å². The molecule has 11 heavy (non-hydrogen) atoms. The maximum Gasteiger partial charge on any atom is 0.303 e. The molecule has 63 valence electrons. The zero-order valence-electron chi connectivity index (χ0n) is 6.96. The monoisotopic (exact) mass is 174 g/mol. The summed E-state index contributed by atoms with van der Waals surface area (Å²) in [5, 5.41) is 2.46. The van der Waals surface area contributed by atoms with E-state index in [2.05, 4.69) is 17.6 Å². The van der Waals surface area contributed by atoms with Gasteiger partial charge in [-0.3, -0.25) is 4.79 Å². The van der Waals surface area contributed by atoms with E-state index in [1.807, 2.05) is 19.0 Å². The van der Waals surface area contributed by atoms with Crippen LogP contribution in [0.25, 0.3) is 0 Å². The molecule has 1 radical (unpaired) electrons. The molecule has 0 fully saturated rings. The SMILES string of the molecule is CC(=O)OC([C]=S)CN(C)C. The van der Waals surface area contributed by atoms with Gasteiger partial charge in [0.15, 0.2) is 6.10 Å². The number of nitrogens with zero attached hydrogens (tertiary/aromatic N) is 1. The highest BCUT2D eigenvalue weighted by Gasteiger charge is 2.09. The minimum atomic E-state index is -0.391. The number of ether oxygens (including phenoxy) is 1. The minimum absolute atomic E-state index is 0.325. The summed E-state index contributed by atoms with van der Waals surface area (Å²) in [5.41, 5.74) is 0. The van der Waals surface area contributed by atoms with E-state index < -0.39 is 6.10 Å². The van der Waals surface area contributed by atoms with Crippen molar-refractivity contribution in [1.29, 1.82) is 0 Å². The normalized spacial score (nSPS) is 12.7. The first-order valence-electron chi connectivity index (χ1n) is 3.26. The summed E-state index contributed by atoms with van der Waals surface area (Å²) in [7, 11) is 3.76. The number of thiocarbonyl (C=S) groups is 1. The number of carbonyl (C=O) groups excluding carboxylic acids is 1. The molecule has 1 unspecified atom stereocenters. The Hall–Kier alpha value is -0.480. The molecule has 0 aromatic heterocycles. The van der Waals surface area contributed by atoms with Crippen molar-refractivity contribution >= 4 is 23.6 Å². The van der Waals surface area contributed by atoms with E-state index in [4.69, 9.17) is 4.74 Å². The summed E-state index contributed by atoms with van der Waals surface area (Å²) in [4.78, 5) is 12.3. The average molecular weight is 174 g/mol. The van der Waals surface area contributed by atoms with Gasteiger partial charge in [0.1, 0.15) is 0 Å². The molecule has 0 amide bonds. The molecule has 4 heteroatoms.